The van der Waals surface area contributed by atoms with E-state index in [4.69, 9.17) is 0 Å². The molecule has 0 fully saturated rings. The van der Waals surface area contributed by atoms with Gasteiger partial charge in [0.1, 0.15) is 0 Å². The number of aromatic amines is 2. The predicted molar refractivity (Wildman–Crippen MR) is 156 cm³/mol. The minimum Gasteiger partial charge on any atom is -0.354 e. The molecule has 1 aliphatic rings. The zero-order chi connectivity index (χ0) is 27.4. The van der Waals surface area contributed by atoms with Crippen LogP contribution in [0.5, 0.6) is 0 Å². The maximum Gasteiger partial charge on any atom is 0.258 e. The molecule has 0 saturated carbocycles. The van der Waals surface area contributed by atoms with Crippen LogP contribution in [0.2, 0.25) is 0 Å². The number of allylic oxidation sites excluding steroid dienone is 4. The quantitative estimate of drug-likeness (QED) is 0.287. The maximum absolute atomic E-state index is 12.9. The van der Waals surface area contributed by atoms with Gasteiger partial charge in [-0.1, -0.05) is 24.3 Å². The summed E-state index contributed by atoms with van der Waals surface area (Å²) in [5.74, 6) is -0.285. The number of aromatic nitrogens is 4. The molecule has 9 heteroatoms. The first-order valence-electron chi connectivity index (χ1n) is 13.2. The zero-order valence-corrected chi connectivity index (χ0v) is 22.7. The summed E-state index contributed by atoms with van der Waals surface area (Å²) in [5.41, 5.74) is 5.23. The fraction of sp³-hybridized carbons (Fsp3) is 0.300. The molecule has 0 unspecified atom stereocenters. The molecule has 9 nitrogen and oxygen atoms in total. The highest BCUT2D eigenvalue weighted by atomic mass is 16.1. The lowest BCUT2D eigenvalue weighted by Crippen LogP contribution is -2.28. The Bertz CT molecular complexity index is 1590. The highest BCUT2D eigenvalue weighted by Gasteiger charge is 2.14. The van der Waals surface area contributed by atoms with Gasteiger partial charge in [-0.2, -0.15) is 5.10 Å². The van der Waals surface area contributed by atoms with Gasteiger partial charge < -0.3 is 25.1 Å². The van der Waals surface area contributed by atoms with Gasteiger partial charge in [-0.25, -0.2) is 0 Å². The maximum atomic E-state index is 12.9. The van der Waals surface area contributed by atoms with Gasteiger partial charge in [0, 0.05) is 42.9 Å². The molecule has 0 spiro atoms. The molecular weight excluding hydrogens is 490 g/mol. The fourth-order valence-corrected chi connectivity index (χ4v) is 4.69. The highest BCUT2D eigenvalue weighted by Crippen LogP contribution is 2.25. The molecule has 1 aromatic carbocycles. The van der Waals surface area contributed by atoms with Gasteiger partial charge in [0.25, 0.3) is 11.5 Å². The molecule has 1 amide bonds. The molecule has 0 atom stereocenters. The number of H-pyrrole nitrogens is 2. The molecule has 39 heavy (non-hydrogen) atoms. The van der Waals surface area contributed by atoms with Crippen molar-refractivity contribution in [2.45, 2.75) is 25.9 Å². The number of hydrogen-bond acceptors (Lipinski definition) is 5. The van der Waals surface area contributed by atoms with Crippen LogP contribution in [-0.2, 0) is 13.1 Å². The van der Waals surface area contributed by atoms with E-state index in [0.717, 1.165) is 43.4 Å². The number of carbonyl (C=O) groups excluding carboxylic acids is 1. The molecule has 4 aromatic rings. The fourth-order valence-electron chi connectivity index (χ4n) is 4.69. The van der Waals surface area contributed by atoms with Crippen molar-refractivity contribution in [1.82, 2.24) is 29.5 Å². The molecule has 202 valence electrons. The van der Waals surface area contributed by atoms with E-state index in [-0.39, 0.29) is 11.5 Å². The standard InChI is InChI=1S/C30H35N7O2/c1-35(2)11-12-36(3)18-22-9-10-27-23(13-22)14-28(34-27)26-15-25(17-31-30(26)39)33-29(38)24-16-32-37(20-24)19-21-7-5-4-6-8-21/h5,7-10,13-17,20,34H,4,6,11-12,18-19H2,1-3H3,(H,31,39)(H,33,38). The van der Waals surface area contributed by atoms with Gasteiger partial charge >= 0.3 is 0 Å². The van der Waals surface area contributed by atoms with E-state index < -0.39 is 0 Å². The SMILES string of the molecule is CN(C)CCN(C)Cc1ccc2[nH]c(-c3cc(NC(=O)c4cnn(CC5=CCCC=C5)c4)c[nH]c3=O)cc2c1. The summed E-state index contributed by atoms with van der Waals surface area (Å²) < 4.78 is 1.76. The van der Waals surface area contributed by atoms with Gasteiger partial charge in [0.05, 0.1) is 35.2 Å². The molecule has 0 saturated heterocycles. The third kappa shape index (κ3) is 6.63. The Hall–Kier alpha value is -4.21. The van der Waals surface area contributed by atoms with Crippen LogP contribution < -0.4 is 10.9 Å². The molecule has 3 heterocycles. The van der Waals surface area contributed by atoms with Crippen LogP contribution in [0, 0.1) is 0 Å². The van der Waals surface area contributed by atoms with E-state index in [2.05, 4.69) is 81.7 Å². The molecule has 3 aromatic heterocycles. The van der Waals surface area contributed by atoms with Crippen molar-refractivity contribution in [3.63, 3.8) is 0 Å². The second-order valence-corrected chi connectivity index (χ2v) is 10.4. The lowest BCUT2D eigenvalue weighted by atomic mass is 10.1. The van der Waals surface area contributed by atoms with Gasteiger partial charge in [-0.05, 0) is 69.4 Å². The lowest BCUT2D eigenvalue weighted by Gasteiger charge is -2.19. The molecule has 5 rings (SSSR count). The summed E-state index contributed by atoms with van der Waals surface area (Å²) in [6, 6.07) is 9.98. The van der Waals surface area contributed by atoms with Gasteiger partial charge in [0.15, 0.2) is 0 Å². The average Bonchev–Trinajstić information content (AvgIpc) is 3.56. The summed E-state index contributed by atoms with van der Waals surface area (Å²) in [6.45, 7) is 3.45. The summed E-state index contributed by atoms with van der Waals surface area (Å²) >= 11 is 0. The third-order valence-corrected chi connectivity index (χ3v) is 6.83. The van der Waals surface area contributed by atoms with Crippen LogP contribution in [0.1, 0.15) is 28.8 Å². The molecule has 3 N–H and O–H groups in total. The molecule has 1 aliphatic carbocycles. The van der Waals surface area contributed by atoms with E-state index in [1.807, 2.05) is 12.1 Å². The molecule has 0 bridgehead atoms. The smallest absolute Gasteiger partial charge is 0.258 e. The van der Waals surface area contributed by atoms with E-state index >= 15 is 0 Å². The predicted octanol–water partition coefficient (Wildman–Crippen LogP) is 4.24. The molecule has 0 radical (unpaired) electrons. The first-order valence-corrected chi connectivity index (χ1v) is 13.2. The number of rotatable bonds is 10. The highest BCUT2D eigenvalue weighted by molar-refractivity contribution is 6.04. The van der Waals surface area contributed by atoms with Crippen molar-refractivity contribution in [1.29, 1.82) is 0 Å². The van der Waals surface area contributed by atoms with Crippen LogP contribution in [0.3, 0.4) is 0 Å². The minimum atomic E-state index is -0.285. The largest absolute Gasteiger partial charge is 0.354 e. The number of amides is 1. The van der Waals surface area contributed by atoms with Crippen molar-refractivity contribution < 1.29 is 4.79 Å². The number of pyridine rings is 1. The first kappa shape index (κ1) is 26.4. The Labute approximate surface area is 227 Å². The Balaban J connectivity index is 1.29. The second-order valence-electron chi connectivity index (χ2n) is 10.4. The Morgan fingerprint density at radius 3 is 2.79 bits per heavy atom. The van der Waals surface area contributed by atoms with Gasteiger partial charge in [-0.15, -0.1) is 0 Å². The summed E-state index contributed by atoms with van der Waals surface area (Å²) in [7, 11) is 6.27. The average molecular weight is 526 g/mol. The molecular formula is C30H35N7O2. The van der Waals surface area contributed by atoms with E-state index in [1.165, 1.54) is 17.3 Å². The van der Waals surface area contributed by atoms with E-state index in [0.29, 0.717) is 29.1 Å². The summed E-state index contributed by atoms with van der Waals surface area (Å²) in [5, 5.41) is 8.25. The number of benzene rings is 1. The number of anilines is 1. The number of carbonyl (C=O) groups is 1. The summed E-state index contributed by atoms with van der Waals surface area (Å²) in [6.07, 6.45) is 13.3. The van der Waals surface area contributed by atoms with Crippen molar-refractivity contribution >= 4 is 22.5 Å². The number of hydrogen-bond donors (Lipinski definition) is 3. The third-order valence-electron chi connectivity index (χ3n) is 6.83. The summed E-state index contributed by atoms with van der Waals surface area (Å²) in [4.78, 5) is 36.2. The Kier molecular flexibility index (Phi) is 7.90. The number of likely N-dealkylation sites (N-methyl/N-ethyl adjacent to an activating group) is 2. The van der Waals surface area contributed by atoms with Gasteiger partial charge in [0.2, 0.25) is 0 Å². The van der Waals surface area contributed by atoms with Crippen LogP contribution in [0.15, 0.2) is 77.5 Å². The Morgan fingerprint density at radius 1 is 1.13 bits per heavy atom. The van der Waals surface area contributed by atoms with Crippen LogP contribution in [0.25, 0.3) is 22.2 Å². The van der Waals surface area contributed by atoms with Crippen LogP contribution >= 0.6 is 0 Å². The van der Waals surface area contributed by atoms with Gasteiger partial charge in [-0.3, -0.25) is 14.3 Å². The number of nitrogens with zero attached hydrogens (tertiary/aromatic N) is 4. The van der Waals surface area contributed by atoms with E-state index in [9.17, 15) is 9.59 Å². The topological polar surface area (TPSA) is 102 Å². The second kappa shape index (κ2) is 11.7. The van der Waals surface area contributed by atoms with E-state index in [1.54, 1.807) is 23.1 Å². The lowest BCUT2D eigenvalue weighted by molar-refractivity contribution is 0.102. The molecule has 0 aliphatic heterocycles. The number of fused-ring (bicyclic) bond motifs is 1. The zero-order valence-electron chi connectivity index (χ0n) is 22.7. The van der Waals surface area contributed by atoms with Crippen molar-refractivity contribution in [3.05, 3.63) is 94.2 Å². The van der Waals surface area contributed by atoms with Crippen molar-refractivity contribution in [2.75, 3.05) is 39.5 Å². The van der Waals surface area contributed by atoms with Crippen LogP contribution in [0.4, 0.5) is 5.69 Å². The van der Waals surface area contributed by atoms with Crippen molar-refractivity contribution in [3.8, 4) is 11.3 Å². The normalized spacial score (nSPS) is 13.4. The monoisotopic (exact) mass is 525 g/mol. The number of nitrogens with one attached hydrogen (secondary N) is 3. The minimum absolute atomic E-state index is 0.232. The first-order chi connectivity index (χ1) is 18.8. The Morgan fingerprint density at radius 2 is 2.00 bits per heavy atom. The van der Waals surface area contributed by atoms with Crippen LogP contribution in [-0.4, -0.2) is 69.7 Å². The van der Waals surface area contributed by atoms with Crippen molar-refractivity contribution in [2.24, 2.45) is 0 Å².